The molecular formula is C13H17ClFNO. The van der Waals surface area contributed by atoms with Crippen molar-refractivity contribution >= 4 is 11.6 Å². The minimum atomic E-state index is -0.183. The van der Waals surface area contributed by atoms with E-state index in [1.807, 2.05) is 13.0 Å². The minimum absolute atomic E-state index is 0.0778. The zero-order valence-corrected chi connectivity index (χ0v) is 10.7. The third-order valence-corrected chi connectivity index (χ3v) is 3.21. The van der Waals surface area contributed by atoms with Crippen LogP contribution in [0.25, 0.3) is 0 Å². The number of hydrogen-bond donors (Lipinski definition) is 0. The maximum atomic E-state index is 13.1. The lowest BCUT2D eigenvalue weighted by Gasteiger charge is -2.36. The van der Waals surface area contributed by atoms with Gasteiger partial charge in [-0.15, -0.1) is 11.6 Å². The van der Waals surface area contributed by atoms with Gasteiger partial charge in [0, 0.05) is 25.5 Å². The molecule has 4 heteroatoms. The van der Waals surface area contributed by atoms with E-state index >= 15 is 0 Å². The summed E-state index contributed by atoms with van der Waals surface area (Å²) in [5, 5.41) is 0. The second-order valence-electron chi connectivity index (χ2n) is 4.55. The van der Waals surface area contributed by atoms with Crippen molar-refractivity contribution in [1.29, 1.82) is 0 Å². The smallest absolute Gasteiger partial charge is 0.123 e. The second kappa shape index (κ2) is 5.80. The Morgan fingerprint density at radius 2 is 2.29 bits per heavy atom. The summed E-state index contributed by atoms with van der Waals surface area (Å²) >= 11 is 5.83. The van der Waals surface area contributed by atoms with E-state index in [1.165, 1.54) is 6.07 Å². The number of alkyl halides is 1. The van der Waals surface area contributed by atoms with Crippen LogP contribution in [0.15, 0.2) is 24.3 Å². The average Bonchev–Trinajstić information content (AvgIpc) is 2.28. The van der Waals surface area contributed by atoms with Crippen LogP contribution in [0.3, 0.4) is 0 Å². The molecule has 0 bridgehead atoms. The number of ether oxygens (including phenoxy) is 1. The number of morpholine rings is 1. The Bertz CT molecular complexity index is 374. The van der Waals surface area contributed by atoms with Gasteiger partial charge in [-0.2, -0.15) is 0 Å². The van der Waals surface area contributed by atoms with Crippen LogP contribution < -0.4 is 0 Å². The Morgan fingerprint density at radius 3 is 3.00 bits per heavy atom. The van der Waals surface area contributed by atoms with Crippen molar-refractivity contribution in [2.24, 2.45) is 0 Å². The quantitative estimate of drug-likeness (QED) is 0.772. The van der Waals surface area contributed by atoms with Crippen LogP contribution in [0.5, 0.6) is 0 Å². The number of rotatable bonds is 3. The highest BCUT2D eigenvalue weighted by Crippen LogP contribution is 2.15. The molecule has 1 saturated heterocycles. The molecule has 0 aromatic heterocycles. The van der Waals surface area contributed by atoms with E-state index < -0.39 is 0 Å². The molecule has 17 heavy (non-hydrogen) atoms. The van der Waals surface area contributed by atoms with Crippen molar-refractivity contribution in [3.8, 4) is 0 Å². The van der Waals surface area contributed by atoms with Gasteiger partial charge in [-0.25, -0.2) is 4.39 Å². The third kappa shape index (κ3) is 3.66. The summed E-state index contributed by atoms with van der Waals surface area (Å²) in [6.07, 6.45) is 0.259. The molecule has 2 rings (SSSR count). The Hall–Kier alpha value is -0.640. The van der Waals surface area contributed by atoms with Crippen LogP contribution >= 0.6 is 11.6 Å². The fraction of sp³-hybridized carbons (Fsp3) is 0.538. The van der Waals surface area contributed by atoms with E-state index in [4.69, 9.17) is 16.3 Å². The van der Waals surface area contributed by atoms with E-state index in [-0.39, 0.29) is 18.0 Å². The summed E-state index contributed by atoms with van der Waals surface area (Å²) in [4.78, 5) is 2.26. The van der Waals surface area contributed by atoms with Crippen LogP contribution in [-0.2, 0) is 11.3 Å². The molecule has 2 nitrogen and oxygen atoms in total. The van der Waals surface area contributed by atoms with Gasteiger partial charge in [0.25, 0.3) is 0 Å². The number of nitrogens with zero attached hydrogens (tertiary/aromatic N) is 1. The van der Waals surface area contributed by atoms with Gasteiger partial charge in [0.05, 0.1) is 12.2 Å². The number of benzene rings is 1. The Labute approximate surface area is 106 Å². The predicted octanol–water partition coefficient (Wildman–Crippen LogP) is 2.65. The Balaban J connectivity index is 1.98. The maximum Gasteiger partial charge on any atom is 0.123 e. The molecule has 1 aromatic rings. The van der Waals surface area contributed by atoms with Gasteiger partial charge < -0.3 is 4.74 Å². The molecule has 0 aliphatic carbocycles. The lowest BCUT2D eigenvalue weighted by molar-refractivity contribution is -0.0689. The van der Waals surface area contributed by atoms with Crippen LogP contribution in [0.4, 0.5) is 4.39 Å². The van der Waals surface area contributed by atoms with E-state index in [1.54, 1.807) is 12.1 Å². The van der Waals surface area contributed by atoms with Crippen molar-refractivity contribution in [3.63, 3.8) is 0 Å². The van der Waals surface area contributed by atoms with Gasteiger partial charge in [0.1, 0.15) is 5.82 Å². The molecule has 1 aromatic carbocycles. The number of hydrogen-bond acceptors (Lipinski definition) is 2. The van der Waals surface area contributed by atoms with Crippen molar-refractivity contribution < 1.29 is 9.13 Å². The van der Waals surface area contributed by atoms with Gasteiger partial charge in [0.2, 0.25) is 0 Å². The van der Waals surface area contributed by atoms with Gasteiger partial charge in [-0.3, -0.25) is 4.90 Å². The maximum absolute atomic E-state index is 13.1. The molecule has 0 saturated carbocycles. The van der Waals surface area contributed by atoms with Crippen LogP contribution in [0.2, 0.25) is 0 Å². The zero-order chi connectivity index (χ0) is 12.3. The average molecular weight is 258 g/mol. The SMILES string of the molecule is CC1CN(Cc2cccc(F)c2)CC(CCl)O1. The summed E-state index contributed by atoms with van der Waals surface area (Å²) in [5.74, 6) is 0.321. The second-order valence-corrected chi connectivity index (χ2v) is 4.86. The zero-order valence-electron chi connectivity index (χ0n) is 9.90. The highest BCUT2D eigenvalue weighted by molar-refractivity contribution is 6.18. The molecule has 0 spiro atoms. The van der Waals surface area contributed by atoms with Crippen LogP contribution in [0.1, 0.15) is 12.5 Å². The van der Waals surface area contributed by atoms with Crippen molar-refractivity contribution in [2.75, 3.05) is 19.0 Å². The summed E-state index contributed by atoms with van der Waals surface area (Å²) in [5.41, 5.74) is 0.993. The predicted molar refractivity (Wildman–Crippen MR) is 66.7 cm³/mol. The van der Waals surface area contributed by atoms with Gasteiger partial charge in [-0.05, 0) is 24.6 Å². The summed E-state index contributed by atoms with van der Waals surface area (Å²) in [6.45, 7) is 4.46. The fourth-order valence-electron chi connectivity index (χ4n) is 2.25. The topological polar surface area (TPSA) is 12.5 Å². The monoisotopic (exact) mass is 257 g/mol. The molecule has 1 fully saturated rings. The van der Waals surface area contributed by atoms with Gasteiger partial charge >= 0.3 is 0 Å². The molecule has 1 aliphatic rings. The fourth-order valence-corrected chi connectivity index (χ4v) is 2.42. The lowest BCUT2D eigenvalue weighted by atomic mass is 10.1. The molecular weight excluding hydrogens is 241 g/mol. The molecule has 0 radical (unpaired) electrons. The van der Waals surface area contributed by atoms with Crippen molar-refractivity contribution in [3.05, 3.63) is 35.6 Å². The normalized spacial score (nSPS) is 26.1. The molecule has 0 N–H and O–H groups in total. The highest BCUT2D eigenvalue weighted by Gasteiger charge is 2.24. The van der Waals surface area contributed by atoms with E-state index in [2.05, 4.69) is 4.90 Å². The first-order valence-electron chi connectivity index (χ1n) is 5.85. The number of halogens is 2. The van der Waals surface area contributed by atoms with E-state index in [0.717, 1.165) is 25.2 Å². The first kappa shape index (κ1) is 12.8. The summed E-state index contributed by atoms with van der Waals surface area (Å²) in [7, 11) is 0. The first-order chi connectivity index (χ1) is 8.17. The van der Waals surface area contributed by atoms with Crippen molar-refractivity contribution in [1.82, 2.24) is 4.90 Å². The van der Waals surface area contributed by atoms with Crippen LogP contribution in [-0.4, -0.2) is 36.1 Å². The third-order valence-electron chi connectivity index (χ3n) is 2.87. The van der Waals surface area contributed by atoms with Gasteiger partial charge in [-0.1, -0.05) is 12.1 Å². The molecule has 2 atom stereocenters. The molecule has 1 heterocycles. The minimum Gasteiger partial charge on any atom is -0.371 e. The molecule has 2 unspecified atom stereocenters. The van der Waals surface area contributed by atoms with Crippen LogP contribution in [0, 0.1) is 5.82 Å². The van der Waals surface area contributed by atoms with E-state index in [0.29, 0.717) is 5.88 Å². The Kier molecular flexibility index (Phi) is 4.37. The molecule has 0 amide bonds. The van der Waals surface area contributed by atoms with Crippen molar-refractivity contribution in [2.45, 2.75) is 25.7 Å². The molecule has 94 valence electrons. The Morgan fingerprint density at radius 1 is 1.47 bits per heavy atom. The van der Waals surface area contributed by atoms with E-state index in [9.17, 15) is 4.39 Å². The standard InChI is InChI=1S/C13H17ClFNO/c1-10-7-16(9-13(6-14)17-10)8-11-3-2-4-12(15)5-11/h2-5,10,13H,6-9H2,1H3. The highest BCUT2D eigenvalue weighted by atomic mass is 35.5. The summed E-state index contributed by atoms with van der Waals surface area (Å²) in [6, 6.07) is 6.73. The molecule has 1 aliphatic heterocycles. The van der Waals surface area contributed by atoms with Gasteiger partial charge in [0.15, 0.2) is 0 Å². The largest absolute Gasteiger partial charge is 0.371 e. The summed E-state index contributed by atoms with van der Waals surface area (Å²) < 4.78 is 18.8. The lowest BCUT2D eigenvalue weighted by Crippen LogP contribution is -2.46. The first-order valence-corrected chi connectivity index (χ1v) is 6.39.